The summed E-state index contributed by atoms with van der Waals surface area (Å²) in [5.41, 5.74) is -5.64. The molecule has 2 unspecified atom stereocenters. The molecule has 18 heavy (non-hydrogen) atoms. The molecule has 2 atom stereocenters. The van der Waals surface area contributed by atoms with Gasteiger partial charge < -0.3 is 30.0 Å². The lowest BCUT2D eigenvalue weighted by atomic mass is 9.76. The van der Waals surface area contributed by atoms with Crippen molar-refractivity contribution in [3.63, 3.8) is 0 Å². The monoisotopic (exact) mass is 260 g/mol. The van der Waals surface area contributed by atoms with Gasteiger partial charge >= 0.3 is 0 Å². The fourth-order valence-corrected chi connectivity index (χ4v) is 1.82. The van der Waals surface area contributed by atoms with Crippen LogP contribution in [-0.4, -0.2) is 33.4 Å². The smallest absolute Gasteiger partial charge is 0.138 e. The minimum absolute atomic E-state index is 0.256. The highest BCUT2D eigenvalue weighted by atomic mass is 16.5. The molecule has 0 saturated heterocycles. The predicted molar refractivity (Wildman–Crippen MR) is 59.0 cm³/mol. The predicted octanol–water partition coefficient (Wildman–Crippen LogP) is -1.67. The molecule has 0 heterocycles. The first-order valence-electron chi connectivity index (χ1n) is 6.14. The highest BCUT2D eigenvalue weighted by Crippen LogP contribution is 2.32. The second-order valence-corrected chi connectivity index (χ2v) is 4.50. The van der Waals surface area contributed by atoms with Crippen LogP contribution in [0.3, 0.4) is 0 Å². The van der Waals surface area contributed by atoms with E-state index in [2.05, 4.69) is 0 Å². The van der Waals surface area contributed by atoms with E-state index in [1.807, 2.05) is 0 Å². The largest absolute Gasteiger partial charge is 0.547 e. The Balaban J connectivity index is 5.34. The summed E-state index contributed by atoms with van der Waals surface area (Å²) in [6.07, 6.45) is 0.831. The van der Waals surface area contributed by atoms with Crippen molar-refractivity contribution in [2.24, 2.45) is 0 Å². The number of hydrogen-bond donors (Lipinski definition) is 2. The molecule has 0 aliphatic heterocycles. The fraction of sp³-hybridized carbons (Fsp3) is 0.833. The minimum atomic E-state index is -2.82. The highest BCUT2D eigenvalue weighted by Gasteiger charge is 2.50. The lowest BCUT2D eigenvalue weighted by Crippen LogP contribution is -2.70. The Hall–Kier alpha value is -1.14. The number of aliphatic carboxylic acids is 2. The van der Waals surface area contributed by atoms with Crippen molar-refractivity contribution in [1.82, 2.24) is 0 Å². The molecule has 0 fully saturated rings. The lowest BCUT2D eigenvalue weighted by Gasteiger charge is -2.45. The first-order chi connectivity index (χ1) is 8.26. The van der Waals surface area contributed by atoms with Gasteiger partial charge in [0.2, 0.25) is 0 Å². The summed E-state index contributed by atoms with van der Waals surface area (Å²) in [4.78, 5) is 22.1. The van der Waals surface area contributed by atoms with Crippen molar-refractivity contribution in [2.45, 2.75) is 63.6 Å². The summed E-state index contributed by atoms with van der Waals surface area (Å²) in [7, 11) is 0. The maximum Gasteiger partial charge on any atom is 0.138 e. The molecule has 0 aromatic rings. The molecule has 6 nitrogen and oxygen atoms in total. The van der Waals surface area contributed by atoms with Crippen LogP contribution in [0.4, 0.5) is 0 Å². The van der Waals surface area contributed by atoms with Crippen LogP contribution in [0.1, 0.15) is 52.4 Å². The Morgan fingerprint density at radius 1 is 0.889 bits per heavy atom. The van der Waals surface area contributed by atoms with Crippen LogP contribution < -0.4 is 10.2 Å². The number of unbranched alkanes of at least 4 members (excludes halogenated alkanes) is 2. The van der Waals surface area contributed by atoms with Crippen LogP contribution in [0, 0.1) is 0 Å². The number of carbonyl (C=O) groups is 2. The fourth-order valence-electron chi connectivity index (χ4n) is 1.82. The zero-order valence-electron chi connectivity index (χ0n) is 10.8. The molecular weight excluding hydrogens is 240 g/mol. The van der Waals surface area contributed by atoms with E-state index in [1.165, 1.54) is 0 Å². The van der Waals surface area contributed by atoms with Gasteiger partial charge in [0.1, 0.15) is 11.2 Å². The first kappa shape index (κ1) is 16.9. The van der Waals surface area contributed by atoms with Gasteiger partial charge in [-0.15, -0.1) is 0 Å². The number of carboxylic acids is 2. The average molecular weight is 260 g/mol. The van der Waals surface area contributed by atoms with Gasteiger partial charge in [-0.3, -0.25) is 0 Å². The van der Waals surface area contributed by atoms with E-state index in [1.54, 1.807) is 13.8 Å². The van der Waals surface area contributed by atoms with Gasteiger partial charge in [-0.05, 0) is 12.8 Å². The molecule has 0 aliphatic rings. The van der Waals surface area contributed by atoms with Crippen LogP contribution in [0.25, 0.3) is 0 Å². The molecule has 2 N–H and O–H groups in total. The molecule has 0 aliphatic carbocycles. The Morgan fingerprint density at radius 3 is 1.33 bits per heavy atom. The summed E-state index contributed by atoms with van der Waals surface area (Å²) >= 11 is 0. The third-order valence-electron chi connectivity index (χ3n) is 3.14. The quantitative estimate of drug-likeness (QED) is 0.511. The average Bonchev–Trinajstić information content (AvgIpc) is 2.32. The molecule has 0 bridgehead atoms. The van der Waals surface area contributed by atoms with E-state index >= 15 is 0 Å². The number of carboxylic acid groups (broad SMARTS) is 2. The normalized spacial score (nSPS) is 17.8. The summed E-state index contributed by atoms with van der Waals surface area (Å²) in [6.45, 7) is 3.50. The molecule has 0 spiro atoms. The van der Waals surface area contributed by atoms with Crippen molar-refractivity contribution >= 4 is 11.9 Å². The summed E-state index contributed by atoms with van der Waals surface area (Å²) in [5.74, 6) is -3.97. The zero-order chi connectivity index (χ0) is 14.4. The van der Waals surface area contributed by atoms with E-state index in [-0.39, 0.29) is 25.7 Å². The third kappa shape index (κ3) is 3.20. The molecule has 0 aromatic heterocycles. The molecule has 0 amide bonds. The molecule has 106 valence electrons. The first-order valence-corrected chi connectivity index (χ1v) is 6.14. The van der Waals surface area contributed by atoms with E-state index in [0.717, 1.165) is 0 Å². The molecule has 0 aromatic carbocycles. The Kier molecular flexibility index (Phi) is 6.28. The minimum Gasteiger partial charge on any atom is -0.547 e. The zero-order valence-corrected chi connectivity index (χ0v) is 10.8. The van der Waals surface area contributed by atoms with E-state index < -0.39 is 23.1 Å². The van der Waals surface area contributed by atoms with E-state index in [4.69, 9.17) is 0 Å². The van der Waals surface area contributed by atoms with Crippen LogP contribution >= 0.6 is 0 Å². The topological polar surface area (TPSA) is 121 Å². The van der Waals surface area contributed by atoms with Crippen molar-refractivity contribution in [1.29, 1.82) is 0 Å². The van der Waals surface area contributed by atoms with Crippen molar-refractivity contribution in [3.05, 3.63) is 0 Å². The standard InChI is InChI=1S/C12H22O6/c1-3-5-7-11(17,9(13)14)12(18,10(15)16)8-6-4-2/h17-18H,3-8H2,1-2H3,(H,13,14)(H,15,16)/p-2. The van der Waals surface area contributed by atoms with Crippen molar-refractivity contribution < 1.29 is 30.0 Å². The van der Waals surface area contributed by atoms with E-state index in [0.29, 0.717) is 12.8 Å². The van der Waals surface area contributed by atoms with Gasteiger partial charge in [0.05, 0.1) is 11.9 Å². The lowest BCUT2D eigenvalue weighted by molar-refractivity contribution is -0.359. The molecule has 6 heteroatoms. The van der Waals surface area contributed by atoms with E-state index in [9.17, 15) is 30.0 Å². The van der Waals surface area contributed by atoms with Crippen molar-refractivity contribution in [2.75, 3.05) is 0 Å². The summed E-state index contributed by atoms with van der Waals surface area (Å²) in [5, 5.41) is 42.1. The Labute approximate surface area is 106 Å². The van der Waals surface area contributed by atoms with Gasteiger partial charge in [-0.2, -0.15) is 0 Å². The molecular formula is C12H20O6-2. The van der Waals surface area contributed by atoms with Gasteiger partial charge in [-0.25, -0.2) is 0 Å². The van der Waals surface area contributed by atoms with Crippen LogP contribution in [-0.2, 0) is 9.59 Å². The third-order valence-corrected chi connectivity index (χ3v) is 3.14. The second-order valence-electron chi connectivity index (χ2n) is 4.50. The van der Waals surface area contributed by atoms with Crippen LogP contribution in [0.15, 0.2) is 0 Å². The van der Waals surface area contributed by atoms with Crippen molar-refractivity contribution in [3.8, 4) is 0 Å². The Bertz CT molecular complexity index is 273. The van der Waals surface area contributed by atoms with Gasteiger partial charge in [0, 0.05) is 0 Å². The van der Waals surface area contributed by atoms with Gasteiger partial charge in [0.25, 0.3) is 0 Å². The maximum absolute atomic E-state index is 11.0. The Morgan fingerprint density at radius 2 is 1.17 bits per heavy atom. The SMILES string of the molecule is CCCCC(O)(C(=O)[O-])C(O)(CCCC)C(=O)[O-]. The number of hydrogen-bond acceptors (Lipinski definition) is 6. The molecule has 0 radical (unpaired) electrons. The number of carbonyl (C=O) groups excluding carboxylic acids is 2. The molecule has 0 saturated carbocycles. The number of rotatable bonds is 9. The highest BCUT2D eigenvalue weighted by molar-refractivity contribution is 5.88. The van der Waals surface area contributed by atoms with Crippen LogP contribution in [0.2, 0.25) is 0 Å². The molecule has 0 rings (SSSR count). The maximum atomic E-state index is 11.0. The van der Waals surface area contributed by atoms with Gasteiger partial charge in [0.15, 0.2) is 0 Å². The summed E-state index contributed by atoms with van der Waals surface area (Å²) < 4.78 is 0. The van der Waals surface area contributed by atoms with Crippen LogP contribution in [0.5, 0.6) is 0 Å². The summed E-state index contributed by atoms with van der Waals surface area (Å²) in [6, 6.07) is 0. The number of aliphatic hydroxyl groups is 2. The van der Waals surface area contributed by atoms with Gasteiger partial charge in [-0.1, -0.05) is 39.5 Å². The second kappa shape index (κ2) is 6.70.